The summed E-state index contributed by atoms with van der Waals surface area (Å²) >= 11 is 1.58. The number of hydrogen-bond acceptors (Lipinski definition) is 6. The average Bonchev–Trinajstić information content (AvgIpc) is 3.09. The summed E-state index contributed by atoms with van der Waals surface area (Å²) in [4.78, 5) is 30.7. The highest BCUT2D eigenvalue weighted by Gasteiger charge is 2.31. The number of thiophene rings is 1. The van der Waals surface area contributed by atoms with Gasteiger partial charge in [-0.3, -0.25) is 9.69 Å². The van der Waals surface area contributed by atoms with E-state index in [-0.39, 0.29) is 5.56 Å². The molecule has 0 aromatic carbocycles. The molecule has 6 nitrogen and oxygen atoms in total. The van der Waals surface area contributed by atoms with Crippen LogP contribution in [-0.4, -0.2) is 46.0 Å². The van der Waals surface area contributed by atoms with Gasteiger partial charge in [0.1, 0.15) is 16.5 Å². The molecule has 1 atom stereocenters. The molecule has 178 valence electrons. The highest BCUT2D eigenvalue weighted by atomic mass is 32.1. The van der Waals surface area contributed by atoms with E-state index in [2.05, 4.69) is 35.6 Å². The average molecular weight is 480 g/mol. The second-order valence-electron chi connectivity index (χ2n) is 8.71. The Kier molecular flexibility index (Phi) is 6.76. The van der Waals surface area contributed by atoms with Gasteiger partial charge in [-0.1, -0.05) is 20.3 Å². The summed E-state index contributed by atoms with van der Waals surface area (Å²) in [6.07, 6.45) is -1.56. The number of halogens is 3. The molecule has 10 heteroatoms. The second kappa shape index (κ2) is 9.42. The number of rotatable bonds is 6. The van der Waals surface area contributed by atoms with E-state index in [9.17, 15) is 18.0 Å². The first-order valence-corrected chi connectivity index (χ1v) is 12.0. The van der Waals surface area contributed by atoms with Crippen molar-refractivity contribution in [2.24, 2.45) is 5.92 Å². The molecule has 0 aliphatic carbocycles. The van der Waals surface area contributed by atoms with E-state index in [4.69, 9.17) is 4.98 Å². The molecule has 4 heterocycles. The number of aryl methyl sites for hydroxylation is 1. The molecular formula is C23H28F3N5OS. The van der Waals surface area contributed by atoms with Crippen molar-refractivity contribution in [3.8, 4) is 0 Å². The lowest BCUT2D eigenvalue weighted by atomic mass is 9.98. The number of aromatic nitrogens is 3. The van der Waals surface area contributed by atoms with Gasteiger partial charge >= 0.3 is 6.18 Å². The van der Waals surface area contributed by atoms with Gasteiger partial charge in [-0.2, -0.15) is 13.2 Å². The predicted octanol–water partition coefficient (Wildman–Crippen LogP) is 4.62. The largest absolute Gasteiger partial charge is 0.417 e. The zero-order valence-electron chi connectivity index (χ0n) is 19.0. The van der Waals surface area contributed by atoms with Crippen LogP contribution in [-0.2, 0) is 19.1 Å². The SMILES string of the molecule is CC[C@@H](C)Cc1c(C)sc2nc(CN3CCN(c4ccc(C(F)(F)F)cn4)CC3)[nH]c(=O)c12. The molecule has 4 rings (SSSR count). The molecule has 1 saturated heterocycles. The summed E-state index contributed by atoms with van der Waals surface area (Å²) in [7, 11) is 0. The molecule has 0 spiro atoms. The van der Waals surface area contributed by atoms with Crippen molar-refractivity contribution in [1.82, 2.24) is 19.9 Å². The van der Waals surface area contributed by atoms with Gasteiger partial charge in [0.2, 0.25) is 0 Å². The lowest BCUT2D eigenvalue weighted by Gasteiger charge is -2.35. The Balaban J connectivity index is 1.42. The van der Waals surface area contributed by atoms with Crippen LogP contribution < -0.4 is 10.5 Å². The predicted molar refractivity (Wildman–Crippen MR) is 125 cm³/mol. The summed E-state index contributed by atoms with van der Waals surface area (Å²) in [6.45, 7) is 9.61. The van der Waals surface area contributed by atoms with Crippen LogP contribution in [0.15, 0.2) is 23.1 Å². The van der Waals surface area contributed by atoms with Crippen LogP contribution in [0.25, 0.3) is 10.2 Å². The monoisotopic (exact) mass is 479 g/mol. The van der Waals surface area contributed by atoms with Crippen LogP contribution in [0, 0.1) is 12.8 Å². The Bertz CT molecular complexity index is 1160. The zero-order chi connectivity index (χ0) is 23.8. The maximum absolute atomic E-state index is 12.9. The molecule has 0 radical (unpaired) electrons. The van der Waals surface area contributed by atoms with Crippen molar-refractivity contribution < 1.29 is 13.2 Å². The fourth-order valence-corrected chi connectivity index (χ4v) is 5.19. The van der Waals surface area contributed by atoms with Gasteiger partial charge in [-0.05, 0) is 37.0 Å². The lowest BCUT2D eigenvalue weighted by Crippen LogP contribution is -2.46. The number of hydrogen-bond donors (Lipinski definition) is 1. The van der Waals surface area contributed by atoms with Crippen LogP contribution in [0.3, 0.4) is 0 Å². The molecule has 1 fully saturated rings. The van der Waals surface area contributed by atoms with Gasteiger partial charge in [0.15, 0.2) is 0 Å². The summed E-state index contributed by atoms with van der Waals surface area (Å²) in [5, 5.41) is 0.722. The number of fused-ring (bicyclic) bond motifs is 1. The third-order valence-electron chi connectivity index (χ3n) is 6.31. The number of alkyl halides is 3. The van der Waals surface area contributed by atoms with E-state index >= 15 is 0 Å². The number of nitrogens with zero attached hydrogens (tertiary/aromatic N) is 4. The first-order valence-electron chi connectivity index (χ1n) is 11.2. The first kappa shape index (κ1) is 23.7. The molecule has 1 aliphatic heterocycles. The first-order chi connectivity index (χ1) is 15.7. The van der Waals surface area contributed by atoms with Crippen molar-refractivity contribution in [3.63, 3.8) is 0 Å². The van der Waals surface area contributed by atoms with Crippen molar-refractivity contribution in [2.45, 2.75) is 46.3 Å². The second-order valence-corrected chi connectivity index (χ2v) is 9.92. The minimum atomic E-state index is -4.38. The summed E-state index contributed by atoms with van der Waals surface area (Å²) in [5.74, 6) is 1.69. The molecule has 0 unspecified atom stereocenters. The Morgan fingerprint density at radius 3 is 2.55 bits per heavy atom. The minimum absolute atomic E-state index is 0.0785. The zero-order valence-corrected chi connectivity index (χ0v) is 19.8. The number of pyridine rings is 1. The number of anilines is 1. The van der Waals surface area contributed by atoms with Crippen LogP contribution >= 0.6 is 11.3 Å². The Morgan fingerprint density at radius 2 is 1.94 bits per heavy atom. The third kappa shape index (κ3) is 5.22. The summed E-state index contributed by atoms with van der Waals surface area (Å²) in [6, 6.07) is 2.48. The molecule has 0 bridgehead atoms. The number of piperazine rings is 1. The summed E-state index contributed by atoms with van der Waals surface area (Å²) < 4.78 is 38.3. The highest BCUT2D eigenvalue weighted by molar-refractivity contribution is 7.18. The quantitative estimate of drug-likeness (QED) is 0.559. The van der Waals surface area contributed by atoms with Crippen molar-refractivity contribution in [3.05, 3.63) is 50.5 Å². The molecule has 1 aliphatic rings. The van der Waals surface area contributed by atoms with Crippen molar-refractivity contribution in [2.75, 3.05) is 31.1 Å². The van der Waals surface area contributed by atoms with Crippen molar-refractivity contribution >= 4 is 27.4 Å². The van der Waals surface area contributed by atoms with Crippen LogP contribution in [0.2, 0.25) is 0 Å². The minimum Gasteiger partial charge on any atom is -0.354 e. The number of nitrogens with one attached hydrogen (secondary N) is 1. The molecule has 33 heavy (non-hydrogen) atoms. The van der Waals surface area contributed by atoms with Gasteiger partial charge in [-0.25, -0.2) is 9.97 Å². The lowest BCUT2D eigenvalue weighted by molar-refractivity contribution is -0.137. The molecule has 3 aromatic rings. The summed E-state index contributed by atoms with van der Waals surface area (Å²) in [5.41, 5.74) is 0.291. The van der Waals surface area contributed by atoms with Gasteiger partial charge in [0.25, 0.3) is 5.56 Å². The van der Waals surface area contributed by atoms with Gasteiger partial charge in [0, 0.05) is 37.3 Å². The van der Waals surface area contributed by atoms with Crippen LogP contribution in [0.5, 0.6) is 0 Å². The van der Waals surface area contributed by atoms with E-state index in [0.29, 0.717) is 50.3 Å². The van der Waals surface area contributed by atoms with Crippen LogP contribution in [0.4, 0.5) is 19.0 Å². The van der Waals surface area contributed by atoms with Crippen LogP contribution in [0.1, 0.15) is 42.1 Å². The maximum Gasteiger partial charge on any atom is 0.417 e. The molecular weight excluding hydrogens is 451 g/mol. The van der Waals surface area contributed by atoms with Gasteiger partial charge in [0.05, 0.1) is 17.5 Å². The fourth-order valence-electron chi connectivity index (χ4n) is 4.12. The third-order valence-corrected chi connectivity index (χ3v) is 7.35. The number of aromatic amines is 1. The molecule has 0 saturated carbocycles. The topological polar surface area (TPSA) is 65.1 Å². The van der Waals surface area contributed by atoms with Crippen molar-refractivity contribution in [1.29, 1.82) is 0 Å². The van der Waals surface area contributed by atoms with E-state index in [0.717, 1.165) is 45.8 Å². The normalized spacial score (nSPS) is 16.5. The van der Waals surface area contributed by atoms with E-state index in [1.807, 2.05) is 4.90 Å². The Labute approximate surface area is 194 Å². The standard InChI is InChI=1S/C23H28F3N5OS/c1-4-14(2)11-17-15(3)33-22-20(17)21(32)28-18(29-22)13-30-7-9-31(10-8-30)19-6-5-16(12-27-19)23(24,25)26/h5-6,12,14H,4,7-11,13H2,1-3H3,(H,28,29,32)/t14-/m1/s1. The Morgan fingerprint density at radius 1 is 1.21 bits per heavy atom. The number of H-pyrrole nitrogens is 1. The van der Waals surface area contributed by atoms with E-state index in [1.165, 1.54) is 6.07 Å². The molecule has 1 N–H and O–H groups in total. The molecule has 0 amide bonds. The van der Waals surface area contributed by atoms with Gasteiger partial charge < -0.3 is 9.88 Å². The van der Waals surface area contributed by atoms with E-state index in [1.54, 1.807) is 11.3 Å². The fraction of sp³-hybridized carbons (Fsp3) is 0.522. The van der Waals surface area contributed by atoms with E-state index < -0.39 is 11.7 Å². The Hall–Kier alpha value is -2.46. The highest BCUT2D eigenvalue weighted by Crippen LogP contribution is 2.31. The molecule has 3 aromatic heterocycles. The maximum atomic E-state index is 12.9. The van der Waals surface area contributed by atoms with Gasteiger partial charge in [-0.15, -0.1) is 11.3 Å². The smallest absolute Gasteiger partial charge is 0.354 e.